The molecule has 0 saturated heterocycles. The van der Waals surface area contributed by atoms with E-state index in [1.807, 2.05) is 41.9 Å². The van der Waals surface area contributed by atoms with Crippen LogP contribution in [0, 0.1) is 0 Å². The predicted molar refractivity (Wildman–Crippen MR) is 125 cm³/mol. The number of imidazole rings is 1. The van der Waals surface area contributed by atoms with Gasteiger partial charge in [0.15, 0.2) is 11.6 Å². The van der Waals surface area contributed by atoms with Gasteiger partial charge in [0.25, 0.3) is 0 Å². The second-order valence-electron chi connectivity index (χ2n) is 7.20. The van der Waals surface area contributed by atoms with Gasteiger partial charge in [-0.1, -0.05) is 31.2 Å². The number of unbranched alkanes of at least 4 members (excludes halogenated alkanes) is 1. The molecule has 1 aliphatic heterocycles. The fourth-order valence-electron chi connectivity index (χ4n) is 3.32. The molecule has 164 valence electrons. The van der Waals surface area contributed by atoms with E-state index in [-0.39, 0.29) is 5.24 Å². The van der Waals surface area contributed by atoms with Gasteiger partial charge in [-0.15, -0.1) is 0 Å². The number of aryl methyl sites for hydroxylation is 1. The van der Waals surface area contributed by atoms with Crippen LogP contribution in [0.15, 0.2) is 46.1 Å². The molecule has 3 heterocycles. The summed E-state index contributed by atoms with van der Waals surface area (Å²) in [7, 11) is 0.887. The highest BCUT2D eigenvalue weighted by atomic mass is 32.2. The molecule has 2 aromatic heterocycles. The van der Waals surface area contributed by atoms with Crippen LogP contribution in [0.25, 0.3) is 22.6 Å². The quantitative estimate of drug-likeness (QED) is 0.526. The zero-order valence-electron chi connectivity index (χ0n) is 17.5. The SMILES string of the molecule is CCCCS(=O)NCCN1N=C(c2ccc3c(c2)nc(-c2ccco2)n3C)CSC1=O. The van der Waals surface area contributed by atoms with Gasteiger partial charge in [-0.2, -0.15) is 5.10 Å². The first-order chi connectivity index (χ1) is 15.1. The van der Waals surface area contributed by atoms with Gasteiger partial charge >= 0.3 is 5.24 Å². The lowest BCUT2D eigenvalue weighted by Crippen LogP contribution is -2.36. The highest BCUT2D eigenvalue weighted by molar-refractivity contribution is 8.14. The number of benzene rings is 1. The van der Waals surface area contributed by atoms with E-state index < -0.39 is 11.0 Å². The minimum absolute atomic E-state index is 0.0936. The lowest BCUT2D eigenvalue weighted by Gasteiger charge is -2.23. The largest absolute Gasteiger partial charge is 0.461 e. The number of carbonyl (C=O) groups excluding carboxylic acids is 1. The Morgan fingerprint density at radius 2 is 2.19 bits per heavy atom. The molecule has 1 aliphatic rings. The van der Waals surface area contributed by atoms with Gasteiger partial charge in [0, 0.05) is 30.7 Å². The Hall–Kier alpha value is -2.43. The van der Waals surface area contributed by atoms with Gasteiger partial charge in [-0.25, -0.2) is 18.9 Å². The average molecular weight is 460 g/mol. The van der Waals surface area contributed by atoms with E-state index in [1.54, 1.807) is 6.26 Å². The summed E-state index contributed by atoms with van der Waals surface area (Å²) in [6, 6.07) is 9.73. The van der Waals surface area contributed by atoms with Crippen LogP contribution in [-0.2, 0) is 18.0 Å². The number of aromatic nitrogens is 2. The van der Waals surface area contributed by atoms with E-state index in [9.17, 15) is 9.00 Å². The topological polar surface area (TPSA) is 92.7 Å². The third-order valence-corrected chi connectivity index (χ3v) is 7.07. The van der Waals surface area contributed by atoms with Crippen LogP contribution in [0.5, 0.6) is 0 Å². The van der Waals surface area contributed by atoms with E-state index in [0.29, 0.717) is 30.4 Å². The lowest BCUT2D eigenvalue weighted by molar-refractivity contribution is 0.226. The molecule has 0 radical (unpaired) electrons. The van der Waals surface area contributed by atoms with Gasteiger partial charge in [0.2, 0.25) is 0 Å². The van der Waals surface area contributed by atoms with E-state index in [0.717, 1.165) is 41.0 Å². The van der Waals surface area contributed by atoms with E-state index in [2.05, 4.69) is 16.7 Å². The number of fused-ring (bicyclic) bond motifs is 1. The molecular weight excluding hydrogens is 434 g/mol. The third-order valence-electron chi connectivity index (χ3n) is 5.01. The third kappa shape index (κ3) is 4.91. The fraction of sp³-hybridized carbons (Fsp3) is 0.381. The van der Waals surface area contributed by atoms with Crippen LogP contribution in [0.2, 0.25) is 0 Å². The molecule has 1 N–H and O–H groups in total. The minimum Gasteiger partial charge on any atom is -0.461 e. The highest BCUT2D eigenvalue weighted by Gasteiger charge is 2.23. The minimum atomic E-state index is -1.07. The molecule has 1 atom stereocenters. The van der Waals surface area contributed by atoms with Crippen molar-refractivity contribution in [2.75, 3.05) is 24.6 Å². The van der Waals surface area contributed by atoms with Crippen molar-refractivity contribution in [3.8, 4) is 11.6 Å². The normalized spacial score (nSPS) is 15.5. The number of hydrogen-bond acceptors (Lipinski definition) is 6. The first-order valence-corrected chi connectivity index (χ1v) is 12.5. The molecule has 3 aromatic rings. The van der Waals surface area contributed by atoms with Crippen LogP contribution in [0.4, 0.5) is 4.79 Å². The number of hydrazone groups is 1. The van der Waals surface area contributed by atoms with Crippen molar-refractivity contribution in [3.63, 3.8) is 0 Å². The zero-order valence-corrected chi connectivity index (χ0v) is 19.2. The lowest BCUT2D eigenvalue weighted by atomic mass is 10.1. The zero-order chi connectivity index (χ0) is 21.8. The Morgan fingerprint density at radius 1 is 1.32 bits per heavy atom. The molecule has 1 amide bonds. The van der Waals surface area contributed by atoms with Gasteiger partial charge in [0.05, 0.1) is 40.5 Å². The maximum absolute atomic E-state index is 12.3. The molecule has 31 heavy (non-hydrogen) atoms. The number of nitrogens with zero attached hydrogens (tertiary/aromatic N) is 4. The molecule has 8 nitrogen and oxygen atoms in total. The standard InChI is InChI=1S/C21H25N5O3S2/c1-3-4-12-31(28)22-9-10-26-21(27)30-14-17(24-26)15-7-8-18-16(13-15)23-20(25(18)2)19-6-5-11-29-19/h5-8,11,13,22H,3-4,9-10,12,14H2,1-2H3. The summed E-state index contributed by atoms with van der Waals surface area (Å²) in [5.74, 6) is 2.61. The second-order valence-corrected chi connectivity index (χ2v) is 9.51. The monoisotopic (exact) mass is 459 g/mol. The van der Waals surface area contributed by atoms with E-state index >= 15 is 0 Å². The fourth-order valence-corrected chi connectivity index (χ4v) is 5.10. The van der Waals surface area contributed by atoms with Crippen LogP contribution in [0.3, 0.4) is 0 Å². The summed E-state index contributed by atoms with van der Waals surface area (Å²) in [6.45, 7) is 2.88. The van der Waals surface area contributed by atoms with Crippen molar-refractivity contribution in [2.45, 2.75) is 19.8 Å². The first-order valence-electron chi connectivity index (χ1n) is 10.2. The summed E-state index contributed by atoms with van der Waals surface area (Å²) in [5, 5.41) is 5.92. The van der Waals surface area contributed by atoms with Crippen molar-refractivity contribution in [1.29, 1.82) is 0 Å². The Kier molecular flexibility index (Phi) is 6.89. The molecule has 1 aromatic carbocycles. The molecule has 0 saturated carbocycles. The van der Waals surface area contributed by atoms with Gasteiger partial charge < -0.3 is 8.98 Å². The highest BCUT2D eigenvalue weighted by Crippen LogP contribution is 2.26. The smallest absolute Gasteiger partial charge is 0.302 e. The van der Waals surface area contributed by atoms with Gasteiger partial charge in [-0.3, -0.25) is 4.79 Å². The van der Waals surface area contributed by atoms with E-state index in [4.69, 9.17) is 9.40 Å². The number of hydrogen-bond donors (Lipinski definition) is 1. The molecule has 0 spiro atoms. The van der Waals surface area contributed by atoms with Crippen molar-refractivity contribution in [1.82, 2.24) is 19.3 Å². The molecule has 1 unspecified atom stereocenters. The average Bonchev–Trinajstić information content (AvgIpc) is 3.41. The Bertz CT molecular complexity index is 1120. The first kappa shape index (κ1) is 21.8. The number of furan rings is 1. The maximum Gasteiger partial charge on any atom is 0.302 e. The van der Waals surface area contributed by atoms with Crippen molar-refractivity contribution >= 4 is 44.7 Å². The van der Waals surface area contributed by atoms with E-state index in [1.165, 1.54) is 16.8 Å². The second kappa shape index (κ2) is 9.80. The Morgan fingerprint density at radius 3 is 2.97 bits per heavy atom. The molecule has 10 heteroatoms. The number of thioether (sulfide) groups is 1. The summed E-state index contributed by atoms with van der Waals surface area (Å²) in [4.78, 5) is 17.0. The number of rotatable bonds is 9. The Labute approximate surface area is 187 Å². The van der Waals surface area contributed by atoms with Crippen LogP contribution in [0.1, 0.15) is 25.3 Å². The summed E-state index contributed by atoms with van der Waals surface area (Å²) in [6.07, 6.45) is 3.55. The summed E-state index contributed by atoms with van der Waals surface area (Å²) in [5.41, 5.74) is 3.59. The van der Waals surface area contributed by atoms with Crippen molar-refractivity contribution < 1.29 is 13.4 Å². The molecular formula is C21H25N5O3S2. The number of carbonyl (C=O) groups is 1. The van der Waals surface area contributed by atoms with Crippen LogP contribution < -0.4 is 4.72 Å². The maximum atomic E-state index is 12.3. The van der Waals surface area contributed by atoms with Crippen LogP contribution >= 0.6 is 11.8 Å². The number of amides is 1. The summed E-state index contributed by atoms with van der Waals surface area (Å²) < 4.78 is 22.3. The van der Waals surface area contributed by atoms with Crippen molar-refractivity contribution in [3.05, 3.63) is 42.2 Å². The summed E-state index contributed by atoms with van der Waals surface area (Å²) >= 11 is 1.23. The molecule has 0 bridgehead atoms. The number of nitrogens with one attached hydrogen (secondary N) is 1. The Balaban J connectivity index is 1.50. The molecule has 0 fully saturated rings. The van der Waals surface area contributed by atoms with Crippen LogP contribution in [-0.4, -0.2) is 54.3 Å². The molecule has 0 aliphatic carbocycles. The van der Waals surface area contributed by atoms with Crippen molar-refractivity contribution in [2.24, 2.45) is 12.1 Å². The van der Waals surface area contributed by atoms with Gasteiger partial charge in [0.1, 0.15) is 0 Å². The predicted octanol–water partition coefficient (Wildman–Crippen LogP) is 3.76. The van der Waals surface area contributed by atoms with Gasteiger partial charge in [-0.05, 0) is 30.7 Å². The molecule has 4 rings (SSSR count).